The topological polar surface area (TPSA) is 81.4 Å². The van der Waals surface area contributed by atoms with Gasteiger partial charge in [0.05, 0.1) is 5.54 Å². The largest absolute Gasteiger partial charge is 0.444 e. The Morgan fingerprint density at radius 3 is 2.25 bits per heavy atom. The average Bonchev–Trinajstić information content (AvgIpc) is 1.95. The van der Waals surface area contributed by atoms with E-state index in [0.717, 1.165) is 19.3 Å². The molecule has 0 spiro atoms. The summed E-state index contributed by atoms with van der Waals surface area (Å²) in [5.41, 5.74) is 4.17. The minimum Gasteiger partial charge on any atom is -0.444 e. The van der Waals surface area contributed by atoms with Gasteiger partial charge in [-0.3, -0.25) is 4.79 Å². The van der Waals surface area contributed by atoms with E-state index in [2.05, 4.69) is 5.32 Å². The van der Waals surface area contributed by atoms with Gasteiger partial charge in [0.15, 0.2) is 0 Å². The lowest BCUT2D eigenvalue weighted by Gasteiger charge is -2.41. The van der Waals surface area contributed by atoms with Gasteiger partial charge in [-0.25, -0.2) is 4.79 Å². The van der Waals surface area contributed by atoms with Crippen LogP contribution in [0, 0.1) is 0 Å². The van der Waals surface area contributed by atoms with Crippen molar-refractivity contribution in [2.75, 3.05) is 0 Å². The number of amides is 2. The summed E-state index contributed by atoms with van der Waals surface area (Å²) in [6.07, 6.45) is 2.29. The van der Waals surface area contributed by atoms with E-state index in [0.29, 0.717) is 0 Å². The van der Waals surface area contributed by atoms with Crippen molar-refractivity contribution in [1.82, 2.24) is 5.32 Å². The molecule has 2 amide bonds. The summed E-state index contributed by atoms with van der Waals surface area (Å²) in [6.45, 7) is 5.40. The van der Waals surface area contributed by atoms with Crippen LogP contribution in [0.3, 0.4) is 0 Å². The van der Waals surface area contributed by atoms with Crippen LogP contribution in [-0.2, 0) is 9.53 Å². The molecule has 5 heteroatoms. The summed E-state index contributed by atoms with van der Waals surface area (Å²) in [4.78, 5) is 22.5. The van der Waals surface area contributed by atoms with E-state index in [1.165, 1.54) is 0 Å². The van der Waals surface area contributed by atoms with Crippen LogP contribution in [-0.4, -0.2) is 23.1 Å². The van der Waals surface area contributed by atoms with Gasteiger partial charge in [-0.15, -0.1) is 0 Å². The number of nitrogens with two attached hydrogens (primary N) is 1. The number of carbonyl (C=O) groups excluding carboxylic acids is 2. The number of hydrogen-bond donors (Lipinski definition) is 2. The molecule has 1 fully saturated rings. The van der Waals surface area contributed by atoms with Gasteiger partial charge in [0, 0.05) is 6.42 Å². The first-order valence-corrected chi connectivity index (χ1v) is 5.52. The van der Waals surface area contributed by atoms with Crippen LogP contribution in [0.4, 0.5) is 4.79 Å². The number of carbonyl (C=O) groups is 2. The van der Waals surface area contributed by atoms with Gasteiger partial charge in [-0.1, -0.05) is 0 Å². The molecule has 0 saturated heterocycles. The lowest BCUT2D eigenvalue weighted by Crippen LogP contribution is -2.56. The highest BCUT2D eigenvalue weighted by atomic mass is 16.6. The Balaban J connectivity index is 2.50. The van der Waals surface area contributed by atoms with E-state index in [1.807, 2.05) is 0 Å². The molecule has 0 aliphatic heterocycles. The van der Waals surface area contributed by atoms with Crippen molar-refractivity contribution in [1.29, 1.82) is 0 Å². The van der Waals surface area contributed by atoms with Crippen molar-refractivity contribution in [2.24, 2.45) is 5.73 Å². The molecular formula is C11H20N2O3. The molecule has 0 aromatic rings. The number of hydrogen-bond acceptors (Lipinski definition) is 3. The Morgan fingerprint density at radius 2 is 1.94 bits per heavy atom. The predicted octanol–water partition coefficient (Wildman–Crippen LogP) is 1.31. The third kappa shape index (κ3) is 3.72. The minimum absolute atomic E-state index is 0.187. The van der Waals surface area contributed by atoms with Gasteiger partial charge in [0.1, 0.15) is 5.60 Å². The third-order valence-electron chi connectivity index (χ3n) is 2.59. The highest BCUT2D eigenvalue weighted by molar-refractivity contribution is 5.77. The number of alkyl carbamates (subject to hydrolysis) is 1. The Hall–Kier alpha value is -1.26. The summed E-state index contributed by atoms with van der Waals surface area (Å²) in [5, 5.41) is 2.76. The Labute approximate surface area is 95.7 Å². The normalized spacial score (nSPS) is 18.4. The third-order valence-corrected chi connectivity index (χ3v) is 2.59. The second-order valence-corrected chi connectivity index (χ2v) is 5.40. The summed E-state index contributed by atoms with van der Waals surface area (Å²) >= 11 is 0. The zero-order chi connectivity index (χ0) is 12.4. The molecule has 92 valence electrons. The van der Waals surface area contributed by atoms with Gasteiger partial charge >= 0.3 is 6.09 Å². The van der Waals surface area contributed by atoms with E-state index in [1.54, 1.807) is 20.8 Å². The second-order valence-electron chi connectivity index (χ2n) is 5.40. The van der Waals surface area contributed by atoms with Crippen LogP contribution in [0.25, 0.3) is 0 Å². The molecule has 1 aliphatic rings. The van der Waals surface area contributed by atoms with Gasteiger partial charge in [-0.2, -0.15) is 0 Å². The van der Waals surface area contributed by atoms with Crippen molar-refractivity contribution in [3.8, 4) is 0 Å². The van der Waals surface area contributed by atoms with Crippen LogP contribution in [0.1, 0.15) is 46.5 Å². The lowest BCUT2D eigenvalue weighted by atomic mass is 9.74. The summed E-state index contributed by atoms with van der Waals surface area (Å²) in [6, 6.07) is 0. The first-order valence-electron chi connectivity index (χ1n) is 5.52. The van der Waals surface area contributed by atoms with E-state index in [9.17, 15) is 9.59 Å². The molecule has 1 rings (SSSR count). The van der Waals surface area contributed by atoms with Crippen molar-refractivity contribution in [2.45, 2.75) is 57.6 Å². The van der Waals surface area contributed by atoms with Crippen molar-refractivity contribution in [3.63, 3.8) is 0 Å². The molecule has 0 aromatic carbocycles. The number of ether oxygens (including phenoxy) is 1. The fourth-order valence-corrected chi connectivity index (χ4v) is 1.80. The fraction of sp³-hybridized carbons (Fsp3) is 0.818. The number of rotatable bonds is 3. The molecule has 0 aromatic heterocycles. The summed E-state index contributed by atoms with van der Waals surface area (Å²) in [7, 11) is 0. The van der Waals surface area contributed by atoms with E-state index in [4.69, 9.17) is 10.5 Å². The lowest BCUT2D eigenvalue weighted by molar-refractivity contribution is -0.120. The van der Waals surface area contributed by atoms with Gasteiger partial charge in [-0.05, 0) is 40.0 Å². The van der Waals surface area contributed by atoms with Gasteiger partial charge in [0.2, 0.25) is 5.91 Å². The highest BCUT2D eigenvalue weighted by Gasteiger charge is 2.40. The van der Waals surface area contributed by atoms with E-state index >= 15 is 0 Å². The van der Waals surface area contributed by atoms with Crippen molar-refractivity contribution in [3.05, 3.63) is 0 Å². The first-order chi connectivity index (χ1) is 7.22. The molecule has 0 bridgehead atoms. The van der Waals surface area contributed by atoms with Gasteiger partial charge < -0.3 is 15.8 Å². The summed E-state index contributed by atoms with van der Waals surface area (Å²) < 4.78 is 5.15. The first kappa shape index (κ1) is 12.8. The molecule has 16 heavy (non-hydrogen) atoms. The molecule has 0 unspecified atom stereocenters. The zero-order valence-electron chi connectivity index (χ0n) is 10.1. The fourth-order valence-electron chi connectivity index (χ4n) is 1.80. The molecule has 0 heterocycles. The zero-order valence-corrected chi connectivity index (χ0v) is 10.1. The molecule has 0 atom stereocenters. The molecule has 3 N–H and O–H groups in total. The standard InChI is InChI=1S/C11H20N2O3/c1-10(2,3)16-9(15)13-11(5-4-6-11)7-8(12)14/h4-7H2,1-3H3,(H2,12,14)(H,13,15). The van der Waals surface area contributed by atoms with Crippen LogP contribution in [0.2, 0.25) is 0 Å². The maximum atomic E-state index is 11.6. The van der Waals surface area contributed by atoms with E-state index < -0.39 is 23.1 Å². The maximum absolute atomic E-state index is 11.6. The monoisotopic (exact) mass is 228 g/mol. The number of nitrogens with one attached hydrogen (secondary N) is 1. The highest BCUT2D eigenvalue weighted by Crippen LogP contribution is 2.34. The maximum Gasteiger partial charge on any atom is 0.408 e. The smallest absolute Gasteiger partial charge is 0.408 e. The number of primary amides is 1. The molecule has 1 aliphatic carbocycles. The summed E-state index contributed by atoms with van der Waals surface area (Å²) in [5.74, 6) is -0.393. The molecule has 5 nitrogen and oxygen atoms in total. The Morgan fingerprint density at radius 1 is 1.38 bits per heavy atom. The Bertz CT molecular complexity index is 290. The Kier molecular flexibility index (Phi) is 3.45. The molecule has 1 saturated carbocycles. The van der Waals surface area contributed by atoms with E-state index in [-0.39, 0.29) is 6.42 Å². The second kappa shape index (κ2) is 4.31. The SMILES string of the molecule is CC(C)(C)OC(=O)NC1(CC(N)=O)CCC1. The van der Waals surface area contributed by atoms with Crippen molar-refractivity contribution >= 4 is 12.0 Å². The van der Waals surface area contributed by atoms with Crippen LogP contribution < -0.4 is 11.1 Å². The van der Waals surface area contributed by atoms with Crippen molar-refractivity contribution < 1.29 is 14.3 Å². The van der Waals surface area contributed by atoms with Gasteiger partial charge in [0.25, 0.3) is 0 Å². The van der Waals surface area contributed by atoms with Crippen LogP contribution >= 0.6 is 0 Å². The molecular weight excluding hydrogens is 208 g/mol. The quantitative estimate of drug-likeness (QED) is 0.764. The average molecular weight is 228 g/mol. The van der Waals surface area contributed by atoms with Crippen LogP contribution in [0.5, 0.6) is 0 Å². The molecule has 0 radical (unpaired) electrons. The predicted molar refractivity (Wildman–Crippen MR) is 59.8 cm³/mol. The van der Waals surface area contributed by atoms with Crippen LogP contribution in [0.15, 0.2) is 0 Å². The minimum atomic E-state index is -0.526.